The maximum Gasteiger partial charge on any atom is 0.188 e. The minimum absolute atomic E-state index is 0.559. The molecule has 20 heavy (non-hydrogen) atoms. The molecule has 1 rings (SSSR count). The van der Waals surface area contributed by atoms with Crippen LogP contribution in [0.4, 0.5) is 5.82 Å². The maximum atomic E-state index is 5.78. The van der Waals surface area contributed by atoms with E-state index in [4.69, 9.17) is 5.73 Å². The molecule has 0 saturated carbocycles. The number of anilines is 1. The predicted octanol–water partition coefficient (Wildman–Crippen LogP) is 2.22. The van der Waals surface area contributed by atoms with Crippen LogP contribution in [0.3, 0.4) is 0 Å². The lowest BCUT2D eigenvalue weighted by molar-refractivity contribution is 0.576. The zero-order valence-electron chi connectivity index (χ0n) is 12.6. The van der Waals surface area contributed by atoms with Crippen molar-refractivity contribution in [1.29, 1.82) is 0 Å². The number of hydrogen-bond donors (Lipinski definition) is 3. The van der Waals surface area contributed by atoms with Gasteiger partial charge in [-0.15, -0.1) is 0 Å². The van der Waals surface area contributed by atoms with Gasteiger partial charge >= 0.3 is 0 Å². The van der Waals surface area contributed by atoms with Crippen LogP contribution in [0.25, 0.3) is 0 Å². The molecule has 0 saturated heterocycles. The van der Waals surface area contributed by atoms with Crippen LogP contribution in [0.1, 0.15) is 33.1 Å². The normalized spacial score (nSPS) is 11.7. The largest absolute Gasteiger partial charge is 0.370 e. The molecule has 1 heterocycles. The topological polar surface area (TPSA) is 75.3 Å². The Balaban J connectivity index is 2.00. The molecule has 0 aromatic carbocycles. The van der Waals surface area contributed by atoms with Crippen molar-refractivity contribution in [2.24, 2.45) is 16.6 Å². The lowest BCUT2D eigenvalue weighted by Crippen LogP contribution is -2.33. The van der Waals surface area contributed by atoms with Crippen molar-refractivity contribution in [3.8, 4) is 0 Å². The minimum Gasteiger partial charge on any atom is -0.370 e. The molecule has 0 unspecified atom stereocenters. The number of guanidine groups is 1. The lowest BCUT2D eigenvalue weighted by Gasteiger charge is -2.07. The van der Waals surface area contributed by atoms with E-state index in [0.717, 1.165) is 44.7 Å². The first kappa shape index (κ1) is 16.3. The molecule has 0 aliphatic heterocycles. The van der Waals surface area contributed by atoms with Gasteiger partial charge in [-0.05, 0) is 37.3 Å². The van der Waals surface area contributed by atoms with Crippen LogP contribution < -0.4 is 16.4 Å². The summed E-state index contributed by atoms with van der Waals surface area (Å²) in [5.41, 5.74) is 5.78. The van der Waals surface area contributed by atoms with Gasteiger partial charge in [0.15, 0.2) is 5.96 Å². The molecule has 0 aliphatic rings. The second-order valence-electron chi connectivity index (χ2n) is 5.23. The molecule has 0 radical (unpaired) electrons. The molecule has 5 nitrogen and oxygen atoms in total. The molecule has 0 spiro atoms. The number of hydrogen-bond acceptors (Lipinski definition) is 3. The fourth-order valence-electron chi connectivity index (χ4n) is 1.66. The van der Waals surface area contributed by atoms with E-state index >= 15 is 0 Å². The third-order valence-corrected chi connectivity index (χ3v) is 2.87. The Morgan fingerprint density at radius 3 is 2.85 bits per heavy atom. The van der Waals surface area contributed by atoms with Crippen LogP contribution in [0.15, 0.2) is 29.4 Å². The lowest BCUT2D eigenvalue weighted by atomic mass is 10.1. The molecule has 0 amide bonds. The summed E-state index contributed by atoms with van der Waals surface area (Å²) >= 11 is 0. The van der Waals surface area contributed by atoms with Crippen LogP contribution >= 0.6 is 0 Å². The molecular formula is C15H27N5. The molecule has 0 fully saturated rings. The van der Waals surface area contributed by atoms with Crippen molar-refractivity contribution >= 4 is 11.8 Å². The van der Waals surface area contributed by atoms with Crippen molar-refractivity contribution < 1.29 is 0 Å². The molecular weight excluding hydrogens is 250 g/mol. The number of rotatable bonds is 9. The summed E-state index contributed by atoms with van der Waals surface area (Å²) < 4.78 is 0. The van der Waals surface area contributed by atoms with Crippen LogP contribution in [-0.4, -0.2) is 30.6 Å². The Morgan fingerprint density at radius 1 is 1.30 bits per heavy atom. The van der Waals surface area contributed by atoms with Gasteiger partial charge in [0.05, 0.1) is 0 Å². The zero-order valence-corrected chi connectivity index (χ0v) is 12.6. The second kappa shape index (κ2) is 10.1. The SMILES string of the molecule is CC(C)CCNC(N)=NCCCCNc1ccccn1. The summed E-state index contributed by atoms with van der Waals surface area (Å²) in [4.78, 5) is 8.51. The van der Waals surface area contributed by atoms with E-state index in [2.05, 4.69) is 34.5 Å². The molecule has 1 aromatic rings. The van der Waals surface area contributed by atoms with Crippen LogP contribution in [-0.2, 0) is 0 Å². The van der Waals surface area contributed by atoms with Crippen LogP contribution in [0, 0.1) is 5.92 Å². The van der Waals surface area contributed by atoms with Crippen molar-refractivity contribution in [3.63, 3.8) is 0 Å². The van der Waals surface area contributed by atoms with Gasteiger partial charge in [-0.1, -0.05) is 19.9 Å². The van der Waals surface area contributed by atoms with Crippen molar-refractivity contribution in [3.05, 3.63) is 24.4 Å². The quantitative estimate of drug-likeness (QED) is 0.367. The van der Waals surface area contributed by atoms with E-state index in [1.807, 2.05) is 18.2 Å². The summed E-state index contributed by atoms with van der Waals surface area (Å²) in [6, 6.07) is 5.85. The first-order valence-electron chi connectivity index (χ1n) is 7.37. The second-order valence-corrected chi connectivity index (χ2v) is 5.23. The Hall–Kier alpha value is -1.78. The Kier molecular flexibility index (Phi) is 8.19. The highest BCUT2D eigenvalue weighted by atomic mass is 15.1. The zero-order chi connectivity index (χ0) is 14.6. The monoisotopic (exact) mass is 277 g/mol. The Morgan fingerprint density at radius 2 is 2.15 bits per heavy atom. The van der Waals surface area contributed by atoms with Crippen molar-refractivity contribution in [1.82, 2.24) is 10.3 Å². The van der Waals surface area contributed by atoms with E-state index in [1.54, 1.807) is 6.20 Å². The predicted molar refractivity (Wildman–Crippen MR) is 85.9 cm³/mol. The number of nitrogens with one attached hydrogen (secondary N) is 2. The number of nitrogens with zero attached hydrogens (tertiary/aromatic N) is 2. The number of aromatic nitrogens is 1. The number of aliphatic imine (C=N–C) groups is 1. The number of unbranched alkanes of at least 4 members (excludes halogenated alkanes) is 1. The van der Waals surface area contributed by atoms with Gasteiger partial charge in [-0.25, -0.2) is 4.98 Å². The van der Waals surface area contributed by atoms with Gasteiger partial charge in [-0.2, -0.15) is 0 Å². The molecule has 4 N–H and O–H groups in total. The molecule has 1 aromatic heterocycles. The standard InChI is InChI=1S/C15H27N5/c1-13(2)8-12-20-15(16)19-11-6-5-10-18-14-7-3-4-9-17-14/h3-4,7,9,13H,5-6,8,10-12H2,1-2H3,(H,17,18)(H3,16,19,20). The Labute approximate surface area is 122 Å². The summed E-state index contributed by atoms with van der Waals surface area (Å²) in [5, 5.41) is 6.41. The highest BCUT2D eigenvalue weighted by Gasteiger charge is 1.95. The van der Waals surface area contributed by atoms with Gasteiger partial charge in [0.1, 0.15) is 5.82 Å². The van der Waals surface area contributed by atoms with Crippen LogP contribution in [0.2, 0.25) is 0 Å². The average molecular weight is 277 g/mol. The molecule has 0 bridgehead atoms. The van der Waals surface area contributed by atoms with Gasteiger partial charge in [0.25, 0.3) is 0 Å². The highest BCUT2D eigenvalue weighted by molar-refractivity contribution is 5.77. The fourth-order valence-corrected chi connectivity index (χ4v) is 1.66. The van der Waals surface area contributed by atoms with Crippen LogP contribution in [0.5, 0.6) is 0 Å². The van der Waals surface area contributed by atoms with E-state index in [-0.39, 0.29) is 0 Å². The number of pyridine rings is 1. The van der Waals surface area contributed by atoms with E-state index in [9.17, 15) is 0 Å². The van der Waals surface area contributed by atoms with E-state index in [0.29, 0.717) is 11.9 Å². The van der Waals surface area contributed by atoms with Gasteiger partial charge < -0.3 is 16.4 Å². The summed E-state index contributed by atoms with van der Waals surface area (Å²) in [5.74, 6) is 2.17. The molecule has 0 atom stereocenters. The summed E-state index contributed by atoms with van der Waals surface area (Å²) in [7, 11) is 0. The maximum absolute atomic E-state index is 5.78. The highest BCUT2D eigenvalue weighted by Crippen LogP contribution is 2.00. The molecule has 5 heteroatoms. The number of nitrogens with two attached hydrogens (primary N) is 1. The van der Waals surface area contributed by atoms with Gasteiger partial charge in [-0.3, -0.25) is 4.99 Å². The van der Waals surface area contributed by atoms with Crippen molar-refractivity contribution in [2.75, 3.05) is 25.0 Å². The fraction of sp³-hybridized carbons (Fsp3) is 0.600. The van der Waals surface area contributed by atoms with E-state index < -0.39 is 0 Å². The van der Waals surface area contributed by atoms with Gasteiger partial charge in [0, 0.05) is 25.8 Å². The molecule has 0 aliphatic carbocycles. The minimum atomic E-state index is 0.559. The van der Waals surface area contributed by atoms with Crippen molar-refractivity contribution in [2.45, 2.75) is 33.1 Å². The Bertz CT molecular complexity index is 375. The molecule has 112 valence electrons. The summed E-state index contributed by atoms with van der Waals surface area (Å²) in [6.45, 7) is 6.97. The van der Waals surface area contributed by atoms with Gasteiger partial charge in [0.2, 0.25) is 0 Å². The third kappa shape index (κ3) is 8.34. The first-order valence-corrected chi connectivity index (χ1v) is 7.37. The van der Waals surface area contributed by atoms with E-state index in [1.165, 1.54) is 0 Å². The average Bonchev–Trinajstić information content (AvgIpc) is 2.43. The summed E-state index contributed by atoms with van der Waals surface area (Å²) in [6.07, 6.45) is 4.98. The smallest absolute Gasteiger partial charge is 0.188 e. The first-order chi connectivity index (χ1) is 9.68. The third-order valence-electron chi connectivity index (χ3n) is 2.87.